The van der Waals surface area contributed by atoms with Gasteiger partial charge in [0.1, 0.15) is 5.75 Å². The van der Waals surface area contributed by atoms with Crippen molar-refractivity contribution in [1.82, 2.24) is 4.98 Å². The number of rotatable bonds is 4. The molecule has 0 fully saturated rings. The molecular formula is C8H11NO3. The molecule has 0 aliphatic heterocycles. The summed E-state index contributed by atoms with van der Waals surface area (Å²) in [6, 6.07) is 1.71. The summed E-state index contributed by atoms with van der Waals surface area (Å²) in [6.45, 7) is 0.160. The average molecular weight is 169 g/mol. The molecule has 0 radical (unpaired) electrons. The van der Waals surface area contributed by atoms with Gasteiger partial charge in [0.05, 0.1) is 12.8 Å². The normalized spacial score (nSPS) is 9.83. The molecule has 0 aliphatic carbocycles. The minimum absolute atomic E-state index is 0.0306. The third-order valence-corrected chi connectivity index (χ3v) is 1.30. The average Bonchev–Trinajstić information content (AvgIpc) is 2.15. The molecular weight excluding hydrogens is 158 g/mol. The standard InChI is InChI=1S/C8H11NO3/c1-11-6-12-8-2-7(5-10)3-9-4-8/h2-4,10H,5-6H2,1H3. The summed E-state index contributed by atoms with van der Waals surface area (Å²) in [5.41, 5.74) is 0.726. The van der Waals surface area contributed by atoms with Gasteiger partial charge in [0.25, 0.3) is 0 Å². The van der Waals surface area contributed by atoms with Crippen molar-refractivity contribution >= 4 is 0 Å². The molecule has 0 aromatic carbocycles. The molecule has 1 aromatic rings. The van der Waals surface area contributed by atoms with Crippen LogP contribution in [0.15, 0.2) is 18.5 Å². The van der Waals surface area contributed by atoms with Crippen molar-refractivity contribution in [3.8, 4) is 5.75 Å². The van der Waals surface area contributed by atoms with Crippen LogP contribution in [0.4, 0.5) is 0 Å². The Balaban J connectivity index is 2.60. The Hall–Kier alpha value is -1.13. The maximum atomic E-state index is 8.76. The van der Waals surface area contributed by atoms with Crippen molar-refractivity contribution < 1.29 is 14.6 Å². The highest BCUT2D eigenvalue weighted by molar-refractivity contribution is 5.22. The van der Waals surface area contributed by atoms with Gasteiger partial charge in [-0.1, -0.05) is 0 Å². The Kier molecular flexibility index (Phi) is 3.50. The quantitative estimate of drug-likeness (QED) is 0.669. The summed E-state index contributed by atoms with van der Waals surface area (Å²) in [5, 5.41) is 8.76. The fourth-order valence-corrected chi connectivity index (χ4v) is 0.756. The van der Waals surface area contributed by atoms with Gasteiger partial charge in [-0.2, -0.15) is 0 Å². The van der Waals surface area contributed by atoms with Gasteiger partial charge in [-0.05, 0) is 11.6 Å². The van der Waals surface area contributed by atoms with E-state index in [1.54, 1.807) is 25.6 Å². The zero-order chi connectivity index (χ0) is 8.81. The molecule has 1 rings (SSSR count). The Morgan fingerprint density at radius 1 is 1.50 bits per heavy atom. The lowest BCUT2D eigenvalue weighted by molar-refractivity contribution is 0.0507. The fourth-order valence-electron chi connectivity index (χ4n) is 0.756. The van der Waals surface area contributed by atoms with Crippen molar-refractivity contribution in [2.75, 3.05) is 13.9 Å². The lowest BCUT2D eigenvalue weighted by Gasteiger charge is -2.04. The third kappa shape index (κ3) is 2.48. The maximum absolute atomic E-state index is 8.76. The predicted molar refractivity (Wildman–Crippen MR) is 42.7 cm³/mol. The number of pyridine rings is 1. The van der Waals surface area contributed by atoms with Gasteiger partial charge >= 0.3 is 0 Å². The lowest BCUT2D eigenvalue weighted by atomic mass is 10.3. The van der Waals surface area contributed by atoms with Crippen LogP contribution < -0.4 is 4.74 Å². The minimum Gasteiger partial charge on any atom is -0.466 e. The molecule has 1 aromatic heterocycles. The van der Waals surface area contributed by atoms with Crippen LogP contribution in [-0.4, -0.2) is 24.0 Å². The van der Waals surface area contributed by atoms with Crippen LogP contribution in [0.5, 0.6) is 5.75 Å². The van der Waals surface area contributed by atoms with E-state index in [2.05, 4.69) is 4.98 Å². The van der Waals surface area contributed by atoms with E-state index in [-0.39, 0.29) is 13.4 Å². The monoisotopic (exact) mass is 169 g/mol. The van der Waals surface area contributed by atoms with E-state index in [1.807, 2.05) is 0 Å². The molecule has 4 nitrogen and oxygen atoms in total. The molecule has 0 bridgehead atoms. The fraction of sp³-hybridized carbons (Fsp3) is 0.375. The first-order chi connectivity index (χ1) is 5.86. The van der Waals surface area contributed by atoms with Gasteiger partial charge < -0.3 is 14.6 Å². The first kappa shape index (κ1) is 8.96. The van der Waals surface area contributed by atoms with E-state index >= 15 is 0 Å². The van der Waals surface area contributed by atoms with Crippen molar-refractivity contribution in [3.05, 3.63) is 24.0 Å². The van der Waals surface area contributed by atoms with Crippen LogP contribution in [0.2, 0.25) is 0 Å². The van der Waals surface area contributed by atoms with Gasteiger partial charge in [-0.3, -0.25) is 4.98 Å². The Labute approximate surface area is 70.8 Å². The number of hydrogen-bond donors (Lipinski definition) is 1. The van der Waals surface area contributed by atoms with Gasteiger partial charge in [0, 0.05) is 13.3 Å². The van der Waals surface area contributed by atoms with Crippen LogP contribution in [-0.2, 0) is 11.3 Å². The molecule has 12 heavy (non-hydrogen) atoms. The number of aromatic nitrogens is 1. The van der Waals surface area contributed by atoms with Crippen molar-refractivity contribution in [2.45, 2.75) is 6.61 Å². The predicted octanol–water partition coefficient (Wildman–Crippen LogP) is 0.557. The maximum Gasteiger partial charge on any atom is 0.188 e. The van der Waals surface area contributed by atoms with Gasteiger partial charge in [0.2, 0.25) is 0 Å². The van der Waals surface area contributed by atoms with E-state index in [0.29, 0.717) is 5.75 Å². The van der Waals surface area contributed by atoms with E-state index in [4.69, 9.17) is 14.6 Å². The number of hydrogen-bond acceptors (Lipinski definition) is 4. The smallest absolute Gasteiger partial charge is 0.188 e. The second-order valence-electron chi connectivity index (χ2n) is 2.24. The largest absolute Gasteiger partial charge is 0.466 e. The van der Waals surface area contributed by atoms with Crippen LogP contribution in [0.25, 0.3) is 0 Å². The Morgan fingerprint density at radius 2 is 2.33 bits per heavy atom. The van der Waals surface area contributed by atoms with Gasteiger partial charge in [-0.15, -0.1) is 0 Å². The number of ether oxygens (including phenoxy) is 2. The van der Waals surface area contributed by atoms with Gasteiger partial charge in [-0.25, -0.2) is 0 Å². The summed E-state index contributed by atoms with van der Waals surface area (Å²) >= 11 is 0. The minimum atomic E-state index is -0.0306. The molecule has 0 saturated heterocycles. The topological polar surface area (TPSA) is 51.6 Å². The van der Waals surface area contributed by atoms with Gasteiger partial charge in [0.15, 0.2) is 6.79 Å². The SMILES string of the molecule is COCOc1cncc(CO)c1. The first-order valence-electron chi connectivity index (χ1n) is 3.53. The first-order valence-corrected chi connectivity index (χ1v) is 3.53. The van der Waals surface area contributed by atoms with Crippen molar-refractivity contribution in [3.63, 3.8) is 0 Å². The summed E-state index contributed by atoms with van der Waals surface area (Å²) in [6.07, 6.45) is 3.15. The van der Waals surface area contributed by atoms with E-state index in [0.717, 1.165) is 5.56 Å². The zero-order valence-electron chi connectivity index (χ0n) is 6.86. The highest BCUT2D eigenvalue weighted by atomic mass is 16.7. The number of aliphatic hydroxyl groups is 1. The van der Waals surface area contributed by atoms with Crippen LogP contribution in [0.3, 0.4) is 0 Å². The highest BCUT2D eigenvalue weighted by Gasteiger charge is 1.95. The molecule has 0 atom stereocenters. The van der Waals surface area contributed by atoms with Crippen molar-refractivity contribution in [1.29, 1.82) is 0 Å². The molecule has 0 spiro atoms. The van der Waals surface area contributed by atoms with Crippen LogP contribution >= 0.6 is 0 Å². The Bertz CT molecular complexity index is 239. The molecule has 0 aliphatic rings. The molecule has 4 heteroatoms. The molecule has 0 saturated carbocycles. The van der Waals surface area contributed by atoms with E-state index < -0.39 is 0 Å². The highest BCUT2D eigenvalue weighted by Crippen LogP contribution is 2.10. The number of aliphatic hydroxyl groups excluding tert-OH is 1. The second kappa shape index (κ2) is 4.69. The molecule has 1 N–H and O–H groups in total. The Morgan fingerprint density at radius 3 is 3.00 bits per heavy atom. The van der Waals surface area contributed by atoms with Crippen LogP contribution in [0, 0.1) is 0 Å². The molecule has 1 heterocycles. The molecule has 0 amide bonds. The van der Waals surface area contributed by atoms with Crippen molar-refractivity contribution in [2.24, 2.45) is 0 Å². The lowest BCUT2D eigenvalue weighted by Crippen LogP contribution is -1.99. The molecule has 0 unspecified atom stereocenters. The zero-order valence-corrected chi connectivity index (χ0v) is 6.86. The third-order valence-electron chi connectivity index (χ3n) is 1.30. The number of nitrogens with zero attached hydrogens (tertiary/aromatic N) is 1. The van der Waals surface area contributed by atoms with E-state index in [9.17, 15) is 0 Å². The summed E-state index contributed by atoms with van der Waals surface area (Å²) < 4.78 is 9.81. The number of methoxy groups -OCH3 is 1. The summed E-state index contributed by atoms with van der Waals surface area (Å²) in [4.78, 5) is 3.87. The second-order valence-corrected chi connectivity index (χ2v) is 2.24. The summed E-state index contributed by atoms with van der Waals surface area (Å²) in [7, 11) is 1.54. The van der Waals surface area contributed by atoms with Crippen LogP contribution in [0.1, 0.15) is 5.56 Å². The summed E-state index contributed by atoms with van der Waals surface area (Å²) in [5.74, 6) is 0.600. The van der Waals surface area contributed by atoms with E-state index in [1.165, 1.54) is 0 Å². The molecule has 66 valence electrons.